The summed E-state index contributed by atoms with van der Waals surface area (Å²) in [6, 6.07) is 18.5. The normalized spacial score (nSPS) is 20.5. The minimum absolute atomic E-state index is 0.139. The van der Waals surface area contributed by atoms with E-state index in [0.29, 0.717) is 24.3 Å². The third-order valence-electron chi connectivity index (χ3n) is 6.42. The van der Waals surface area contributed by atoms with Crippen LogP contribution in [0.15, 0.2) is 72.4 Å². The molecule has 1 fully saturated rings. The number of aryl methyl sites for hydroxylation is 1. The van der Waals surface area contributed by atoms with Gasteiger partial charge in [-0.15, -0.1) is 0 Å². The van der Waals surface area contributed by atoms with Gasteiger partial charge in [-0.25, -0.2) is 9.37 Å². The highest BCUT2D eigenvalue weighted by molar-refractivity contribution is 14.1. The van der Waals surface area contributed by atoms with Crippen LogP contribution < -0.4 is 21.3 Å². The van der Waals surface area contributed by atoms with Gasteiger partial charge < -0.3 is 21.1 Å². The number of halogens is 2. The van der Waals surface area contributed by atoms with Crippen LogP contribution in [0.1, 0.15) is 23.6 Å². The minimum atomic E-state index is -0.785. The predicted octanol–water partition coefficient (Wildman–Crippen LogP) is 4.58. The molecule has 4 unspecified atom stereocenters. The van der Waals surface area contributed by atoms with Gasteiger partial charge in [0.05, 0.1) is 0 Å². The molecular formula is C26H27FIN5O. The van der Waals surface area contributed by atoms with Gasteiger partial charge >= 0.3 is 0 Å². The highest BCUT2D eigenvalue weighted by Crippen LogP contribution is 2.50. The summed E-state index contributed by atoms with van der Waals surface area (Å²) < 4.78 is 14.4. The van der Waals surface area contributed by atoms with Gasteiger partial charge in [-0.05, 0) is 95.1 Å². The first kappa shape index (κ1) is 23.2. The quantitative estimate of drug-likeness (QED) is 0.234. The fourth-order valence-corrected chi connectivity index (χ4v) is 5.10. The zero-order valence-corrected chi connectivity index (χ0v) is 20.9. The Balaban J connectivity index is 1.34. The smallest absolute Gasteiger partial charge is 0.138 e. The van der Waals surface area contributed by atoms with Crippen LogP contribution in [-0.2, 0) is 0 Å². The first-order valence-corrected chi connectivity index (χ1v) is 12.4. The molecule has 1 aromatic heterocycles. The first-order chi connectivity index (χ1) is 16.4. The van der Waals surface area contributed by atoms with Crippen LogP contribution in [0.25, 0.3) is 0 Å². The largest absolute Gasteiger partial charge is 0.375 e. The summed E-state index contributed by atoms with van der Waals surface area (Å²) in [4.78, 5) is 7.00. The van der Waals surface area contributed by atoms with Gasteiger partial charge in [0, 0.05) is 40.0 Å². The summed E-state index contributed by atoms with van der Waals surface area (Å²) >= 11 is 2.28. The summed E-state index contributed by atoms with van der Waals surface area (Å²) in [5.74, 6) is 1.57. The maximum absolute atomic E-state index is 13.2. The molecule has 6 nitrogen and oxygen atoms in total. The average Bonchev–Trinajstić information content (AvgIpc) is 3.53. The van der Waals surface area contributed by atoms with E-state index in [0.717, 1.165) is 38.2 Å². The predicted molar refractivity (Wildman–Crippen MR) is 141 cm³/mol. The van der Waals surface area contributed by atoms with Crippen LogP contribution >= 0.6 is 22.6 Å². The molecule has 3 aromatic rings. The number of rotatable bonds is 8. The number of anilines is 3. The van der Waals surface area contributed by atoms with Crippen molar-refractivity contribution >= 4 is 39.9 Å². The third-order valence-corrected chi connectivity index (χ3v) is 7.09. The second-order valence-electron chi connectivity index (χ2n) is 8.83. The van der Waals surface area contributed by atoms with E-state index >= 15 is 0 Å². The summed E-state index contributed by atoms with van der Waals surface area (Å²) in [7, 11) is 0. The van der Waals surface area contributed by atoms with Gasteiger partial charge in [0.1, 0.15) is 23.7 Å². The molecule has 0 spiro atoms. The number of hydrogen-bond donors (Lipinski definition) is 4. The Hall–Kier alpha value is -2.53. The molecule has 1 saturated carbocycles. The van der Waals surface area contributed by atoms with Crippen LogP contribution in [0, 0.1) is 22.2 Å². The van der Waals surface area contributed by atoms with Crippen molar-refractivity contribution in [3.8, 4) is 0 Å². The van der Waals surface area contributed by atoms with Crippen molar-refractivity contribution in [2.24, 2.45) is 11.7 Å². The highest BCUT2D eigenvalue weighted by Gasteiger charge is 2.51. The molecule has 176 valence electrons. The Morgan fingerprint density at radius 1 is 1.21 bits per heavy atom. The lowest BCUT2D eigenvalue weighted by atomic mass is 10.1. The Morgan fingerprint density at radius 2 is 2.00 bits per heavy atom. The zero-order chi connectivity index (χ0) is 23.8. The number of fused-ring (bicyclic) bond motifs is 1. The van der Waals surface area contributed by atoms with Gasteiger partial charge in [-0.1, -0.05) is 18.2 Å². The van der Waals surface area contributed by atoms with Crippen LogP contribution in [0.5, 0.6) is 0 Å². The molecule has 1 aliphatic carbocycles. The summed E-state index contributed by atoms with van der Waals surface area (Å²) in [6.45, 7) is 2.42. The lowest BCUT2D eigenvalue weighted by Gasteiger charge is -2.24. The minimum Gasteiger partial charge on any atom is -0.375 e. The third kappa shape index (κ3) is 4.81. The number of aromatic nitrogens is 1. The number of aliphatic hydroxyl groups is 1. The lowest BCUT2D eigenvalue weighted by molar-refractivity contribution is 0.152. The van der Waals surface area contributed by atoms with Crippen molar-refractivity contribution in [2.75, 3.05) is 16.8 Å². The Kier molecular flexibility index (Phi) is 6.57. The fraction of sp³-hybridized carbons (Fsp3) is 0.269. The average molecular weight is 571 g/mol. The van der Waals surface area contributed by atoms with E-state index in [1.165, 1.54) is 12.1 Å². The van der Waals surface area contributed by atoms with Gasteiger partial charge in [0.2, 0.25) is 0 Å². The van der Waals surface area contributed by atoms with E-state index in [2.05, 4.69) is 44.2 Å². The standard InChI is InChI=1S/C26H27FIN5O/c1-15-5-10-24(30-19-8-6-17(27)7-9-19)32-25(15)33-14-21(20-12-23(20)33)26(34)31-22(13-29)16-3-2-4-18(28)11-16/h2-11,14,20,22-23,26,31,34H,12-13,29H2,1H3,(H,30,32). The molecule has 2 aliphatic rings. The molecule has 0 bridgehead atoms. The van der Waals surface area contributed by atoms with Crippen molar-refractivity contribution in [3.05, 3.63) is 93.0 Å². The Labute approximate surface area is 212 Å². The molecule has 8 heteroatoms. The molecule has 34 heavy (non-hydrogen) atoms. The molecule has 2 aromatic carbocycles. The van der Waals surface area contributed by atoms with Crippen molar-refractivity contribution < 1.29 is 9.50 Å². The maximum Gasteiger partial charge on any atom is 0.138 e. The lowest BCUT2D eigenvalue weighted by Crippen LogP contribution is -2.38. The molecule has 2 heterocycles. The second kappa shape index (κ2) is 9.61. The van der Waals surface area contributed by atoms with Gasteiger partial charge in [-0.2, -0.15) is 0 Å². The number of nitrogens with two attached hydrogens (primary N) is 1. The fourth-order valence-electron chi connectivity index (χ4n) is 4.53. The van der Waals surface area contributed by atoms with Gasteiger partial charge in [0.25, 0.3) is 0 Å². The number of nitrogens with one attached hydrogen (secondary N) is 2. The highest BCUT2D eigenvalue weighted by atomic mass is 127. The van der Waals surface area contributed by atoms with E-state index in [9.17, 15) is 9.50 Å². The summed E-state index contributed by atoms with van der Waals surface area (Å²) in [6.07, 6.45) is 2.22. The maximum atomic E-state index is 13.2. The van der Waals surface area contributed by atoms with Crippen molar-refractivity contribution in [1.29, 1.82) is 0 Å². The van der Waals surface area contributed by atoms with Crippen LogP contribution in [0.3, 0.4) is 0 Å². The van der Waals surface area contributed by atoms with E-state index in [4.69, 9.17) is 10.7 Å². The first-order valence-electron chi connectivity index (χ1n) is 11.3. The molecule has 0 saturated heterocycles. The number of hydrogen-bond acceptors (Lipinski definition) is 6. The van der Waals surface area contributed by atoms with E-state index < -0.39 is 6.23 Å². The van der Waals surface area contributed by atoms with Crippen molar-refractivity contribution in [1.82, 2.24) is 10.3 Å². The molecule has 4 atom stereocenters. The van der Waals surface area contributed by atoms with Crippen LogP contribution in [0.2, 0.25) is 0 Å². The Morgan fingerprint density at radius 3 is 2.74 bits per heavy atom. The van der Waals surface area contributed by atoms with Crippen molar-refractivity contribution in [3.63, 3.8) is 0 Å². The van der Waals surface area contributed by atoms with E-state index in [1.54, 1.807) is 12.1 Å². The zero-order valence-electron chi connectivity index (χ0n) is 18.7. The number of aliphatic hydroxyl groups excluding tert-OH is 1. The topological polar surface area (TPSA) is 86.4 Å². The number of pyridine rings is 1. The summed E-state index contributed by atoms with van der Waals surface area (Å²) in [5, 5.41) is 17.6. The van der Waals surface area contributed by atoms with Crippen molar-refractivity contribution in [2.45, 2.75) is 31.7 Å². The molecule has 5 N–H and O–H groups in total. The molecule has 1 aliphatic heterocycles. The van der Waals surface area contributed by atoms with Crippen LogP contribution in [-0.4, -0.2) is 28.9 Å². The van der Waals surface area contributed by atoms with E-state index in [1.807, 2.05) is 43.5 Å². The molecule has 0 radical (unpaired) electrons. The molecule has 5 rings (SSSR count). The van der Waals surface area contributed by atoms with Gasteiger partial charge in [0.15, 0.2) is 0 Å². The van der Waals surface area contributed by atoms with E-state index in [-0.39, 0.29) is 11.9 Å². The number of benzene rings is 2. The summed E-state index contributed by atoms with van der Waals surface area (Å²) in [5.41, 5.74) is 9.88. The van der Waals surface area contributed by atoms with Gasteiger partial charge in [-0.3, -0.25) is 5.32 Å². The Bertz CT molecular complexity index is 1220. The SMILES string of the molecule is Cc1ccc(Nc2ccc(F)cc2)nc1N1C=C(C(O)NC(CN)c2cccc(I)c2)C2CC21. The van der Waals surface area contributed by atoms with Crippen LogP contribution in [0.4, 0.5) is 21.7 Å². The monoisotopic (exact) mass is 571 g/mol. The second-order valence-corrected chi connectivity index (χ2v) is 10.1. The number of nitrogens with zero attached hydrogens (tertiary/aromatic N) is 2. The molecule has 0 amide bonds. The molecular weight excluding hydrogens is 544 g/mol.